The van der Waals surface area contributed by atoms with Crippen molar-refractivity contribution in [1.82, 2.24) is 4.90 Å². The molecule has 0 unspecified atom stereocenters. The molecule has 0 fully saturated rings. The Bertz CT molecular complexity index is 399. The van der Waals surface area contributed by atoms with Gasteiger partial charge in [0.1, 0.15) is 5.75 Å². The molecule has 0 heterocycles. The van der Waals surface area contributed by atoms with E-state index < -0.39 is 5.54 Å². The zero-order valence-corrected chi connectivity index (χ0v) is 12.8. The van der Waals surface area contributed by atoms with Crippen molar-refractivity contribution < 1.29 is 9.53 Å². The first kappa shape index (κ1) is 17.7. The lowest BCUT2D eigenvalue weighted by atomic mass is 10.1. The molecule has 1 amide bonds. The monoisotopic (exact) mass is 286 g/mol. The van der Waals surface area contributed by atoms with Crippen molar-refractivity contribution in [1.29, 1.82) is 0 Å². The van der Waals surface area contributed by atoms with Crippen molar-refractivity contribution in [3.8, 4) is 5.75 Å². The number of benzene rings is 1. The van der Waals surface area contributed by atoms with Crippen molar-refractivity contribution in [3.63, 3.8) is 0 Å². The minimum atomic E-state index is -0.833. The Balaban J connectivity index is 0.00000324. The van der Waals surface area contributed by atoms with Crippen LogP contribution in [0, 0.1) is 0 Å². The predicted octanol–water partition coefficient (Wildman–Crippen LogP) is 2.20. The summed E-state index contributed by atoms with van der Waals surface area (Å²) < 4.78 is 5.37. The standard InChI is InChI=1S/C14H22N2O2.ClH/c1-5-18-12-8-6-11(7-9-12)10-16(4)13(17)14(2,3)15;/h6-9H,5,10,15H2,1-4H3;1H. The molecule has 1 aromatic rings. The third kappa shape index (κ3) is 5.49. The number of amides is 1. The van der Waals surface area contributed by atoms with Crippen molar-refractivity contribution in [2.75, 3.05) is 13.7 Å². The number of hydrogen-bond donors (Lipinski definition) is 1. The van der Waals surface area contributed by atoms with Gasteiger partial charge in [0.15, 0.2) is 0 Å². The number of ether oxygens (including phenoxy) is 1. The summed E-state index contributed by atoms with van der Waals surface area (Å²) >= 11 is 0. The molecule has 0 aliphatic rings. The van der Waals surface area contributed by atoms with E-state index in [0.717, 1.165) is 11.3 Å². The molecule has 0 bridgehead atoms. The van der Waals surface area contributed by atoms with E-state index in [4.69, 9.17) is 10.5 Å². The number of carbonyl (C=O) groups is 1. The number of halogens is 1. The molecule has 0 radical (unpaired) electrons. The van der Waals surface area contributed by atoms with E-state index in [2.05, 4.69) is 0 Å². The number of likely N-dealkylation sites (N-methyl/N-ethyl adjacent to an activating group) is 1. The molecule has 0 atom stereocenters. The van der Waals surface area contributed by atoms with E-state index in [1.54, 1.807) is 25.8 Å². The van der Waals surface area contributed by atoms with Gasteiger partial charge in [0.25, 0.3) is 0 Å². The summed E-state index contributed by atoms with van der Waals surface area (Å²) in [7, 11) is 1.76. The van der Waals surface area contributed by atoms with Gasteiger partial charge in [0, 0.05) is 13.6 Å². The molecule has 0 aliphatic carbocycles. The van der Waals surface area contributed by atoms with Crippen LogP contribution in [0.4, 0.5) is 0 Å². The summed E-state index contributed by atoms with van der Waals surface area (Å²) in [6.07, 6.45) is 0. The molecular weight excluding hydrogens is 264 g/mol. The van der Waals surface area contributed by atoms with Crippen LogP contribution in [-0.2, 0) is 11.3 Å². The Hall–Kier alpha value is -1.26. The molecule has 4 nitrogen and oxygen atoms in total. The van der Waals surface area contributed by atoms with Gasteiger partial charge in [-0.25, -0.2) is 0 Å². The second-order valence-electron chi connectivity index (χ2n) is 4.96. The van der Waals surface area contributed by atoms with Gasteiger partial charge in [0.05, 0.1) is 12.1 Å². The quantitative estimate of drug-likeness (QED) is 0.903. The van der Waals surface area contributed by atoms with Crippen LogP contribution in [0.25, 0.3) is 0 Å². The fraction of sp³-hybridized carbons (Fsp3) is 0.500. The lowest BCUT2D eigenvalue weighted by Crippen LogP contribution is -2.49. The number of hydrogen-bond acceptors (Lipinski definition) is 3. The predicted molar refractivity (Wildman–Crippen MR) is 79.6 cm³/mol. The molecule has 0 aliphatic heterocycles. The summed E-state index contributed by atoms with van der Waals surface area (Å²) in [5, 5.41) is 0. The van der Waals surface area contributed by atoms with Crippen molar-refractivity contribution in [3.05, 3.63) is 29.8 Å². The molecule has 108 valence electrons. The zero-order chi connectivity index (χ0) is 13.8. The highest BCUT2D eigenvalue weighted by atomic mass is 35.5. The molecular formula is C14H23ClN2O2. The van der Waals surface area contributed by atoms with Crippen LogP contribution >= 0.6 is 12.4 Å². The summed E-state index contributed by atoms with van der Waals surface area (Å²) in [5.41, 5.74) is 6.01. The van der Waals surface area contributed by atoms with E-state index in [0.29, 0.717) is 13.2 Å². The lowest BCUT2D eigenvalue weighted by Gasteiger charge is -2.25. The summed E-state index contributed by atoms with van der Waals surface area (Å²) in [5.74, 6) is 0.769. The van der Waals surface area contributed by atoms with Gasteiger partial charge in [-0.05, 0) is 38.5 Å². The maximum Gasteiger partial charge on any atom is 0.242 e. The Morgan fingerprint density at radius 2 is 1.84 bits per heavy atom. The third-order valence-corrected chi connectivity index (χ3v) is 2.55. The van der Waals surface area contributed by atoms with E-state index in [-0.39, 0.29) is 18.3 Å². The number of carbonyl (C=O) groups excluding carboxylic acids is 1. The molecule has 1 rings (SSSR count). The van der Waals surface area contributed by atoms with Crippen LogP contribution in [0.3, 0.4) is 0 Å². The average Bonchev–Trinajstić information content (AvgIpc) is 2.30. The SMILES string of the molecule is CCOc1ccc(CN(C)C(=O)C(C)(C)N)cc1.Cl. The third-order valence-electron chi connectivity index (χ3n) is 2.55. The molecule has 0 saturated heterocycles. The van der Waals surface area contributed by atoms with Crippen LogP contribution < -0.4 is 10.5 Å². The van der Waals surface area contributed by atoms with Crippen LogP contribution in [0.5, 0.6) is 5.75 Å². The largest absolute Gasteiger partial charge is 0.494 e. The smallest absolute Gasteiger partial charge is 0.242 e. The molecule has 19 heavy (non-hydrogen) atoms. The first-order chi connectivity index (χ1) is 8.34. The van der Waals surface area contributed by atoms with Crippen LogP contribution in [0.2, 0.25) is 0 Å². The van der Waals surface area contributed by atoms with Crippen molar-refractivity contribution >= 4 is 18.3 Å². The molecule has 0 saturated carbocycles. The van der Waals surface area contributed by atoms with E-state index in [1.807, 2.05) is 31.2 Å². The Labute approximate surface area is 121 Å². The fourth-order valence-electron chi connectivity index (χ4n) is 1.70. The second kappa shape index (κ2) is 7.36. The maximum atomic E-state index is 11.9. The molecule has 5 heteroatoms. The molecule has 2 N–H and O–H groups in total. The Kier molecular flexibility index (Phi) is 6.87. The fourth-order valence-corrected chi connectivity index (χ4v) is 1.70. The topological polar surface area (TPSA) is 55.6 Å². The molecule has 0 spiro atoms. The van der Waals surface area contributed by atoms with Gasteiger partial charge in [-0.1, -0.05) is 12.1 Å². The second-order valence-corrected chi connectivity index (χ2v) is 4.96. The minimum Gasteiger partial charge on any atom is -0.494 e. The zero-order valence-electron chi connectivity index (χ0n) is 12.0. The van der Waals surface area contributed by atoms with Crippen molar-refractivity contribution in [2.45, 2.75) is 32.9 Å². The van der Waals surface area contributed by atoms with Crippen LogP contribution in [0.1, 0.15) is 26.3 Å². The summed E-state index contributed by atoms with van der Waals surface area (Å²) in [4.78, 5) is 13.5. The highest BCUT2D eigenvalue weighted by molar-refractivity contribution is 5.85. The normalized spacial score (nSPS) is 10.6. The first-order valence-corrected chi connectivity index (χ1v) is 6.10. The molecule has 0 aromatic heterocycles. The van der Waals surface area contributed by atoms with Gasteiger partial charge >= 0.3 is 0 Å². The van der Waals surface area contributed by atoms with Gasteiger partial charge in [-0.3, -0.25) is 4.79 Å². The van der Waals surface area contributed by atoms with Gasteiger partial charge in [-0.2, -0.15) is 0 Å². The molecule has 1 aromatic carbocycles. The van der Waals surface area contributed by atoms with E-state index in [1.165, 1.54) is 0 Å². The van der Waals surface area contributed by atoms with Crippen LogP contribution in [-0.4, -0.2) is 30.0 Å². The van der Waals surface area contributed by atoms with Gasteiger partial charge in [0.2, 0.25) is 5.91 Å². The van der Waals surface area contributed by atoms with E-state index in [9.17, 15) is 4.79 Å². The number of nitrogens with zero attached hydrogens (tertiary/aromatic N) is 1. The minimum absolute atomic E-state index is 0. The van der Waals surface area contributed by atoms with E-state index >= 15 is 0 Å². The Morgan fingerprint density at radius 1 is 1.32 bits per heavy atom. The maximum absolute atomic E-state index is 11.9. The Morgan fingerprint density at radius 3 is 2.26 bits per heavy atom. The van der Waals surface area contributed by atoms with Gasteiger partial charge < -0.3 is 15.4 Å². The van der Waals surface area contributed by atoms with Crippen molar-refractivity contribution in [2.24, 2.45) is 5.73 Å². The number of rotatable bonds is 5. The average molecular weight is 287 g/mol. The first-order valence-electron chi connectivity index (χ1n) is 6.10. The summed E-state index contributed by atoms with van der Waals surface area (Å²) in [6.45, 7) is 6.57. The number of nitrogens with two attached hydrogens (primary N) is 1. The highest BCUT2D eigenvalue weighted by Crippen LogP contribution is 2.14. The highest BCUT2D eigenvalue weighted by Gasteiger charge is 2.25. The summed E-state index contributed by atoms with van der Waals surface area (Å²) in [6, 6.07) is 7.73. The lowest BCUT2D eigenvalue weighted by molar-refractivity contribution is -0.134. The van der Waals surface area contributed by atoms with Gasteiger partial charge in [-0.15, -0.1) is 12.4 Å². The van der Waals surface area contributed by atoms with Crippen LogP contribution in [0.15, 0.2) is 24.3 Å².